The average Bonchev–Trinajstić information content (AvgIpc) is 3.44. The Balaban J connectivity index is 1.45. The van der Waals surface area contributed by atoms with E-state index in [1.807, 2.05) is 19.1 Å². The number of hydrogen-bond donors (Lipinski definition) is 2. The first-order valence-corrected chi connectivity index (χ1v) is 13.1. The first kappa shape index (κ1) is 25.3. The number of halogens is 3. The molecule has 37 heavy (non-hydrogen) atoms. The first-order chi connectivity index (χ1) is 17.7. The maximum atomic E-state index is 14.0. The van der Waals surface area contributed by atoms with Gasteiger partial charge in [-0.15, -0.1) is 11.3 Å². The van der Waals surface area contributed by atoms with Crippen molar-refractivity contribution in [2.45, 2.75) is 64.2 Å². The molecule has 11 heteroatoms. The quantitative estimate of drug-likeness (QED) is 0.381. The smallest absolute Gasteiger partial charge is 0.410 e. The maximum absolute atomic E-state index is 14.0. The van der Waals surface area contributed by atoms with Crippen molar-refractivity contribution < 1.29 is 27.5 Å². The second kappa shape index (κ2) is 9.85. The van der Waals surface area contributed by atoms with Crippen LogP contribution in [0.3, 0.4) is 0 Å². The van der Waals surface area contributed by atoms with Crippen molar-refractivity contribution in [2.75, 3.05) is 17.2 Å². The summed E-state index contributed by atoms with van der Waals surface area (Å²) in [5.41, 5.74) is 2.79. The maximum Gasteiger partial charge on any atom is 0.410 e. The van der Waals surface area contributed by atoms with E-state index in [0.29, 0.717) is 17.0 Å². The summed E-state index contributed by atoms with van der Waals surface area (Å²) in [6.45, 7) is 3.81. The monoisotopic (exact) mass is 532 g/mol. The van der Waals surface area contributed by atoms with Crippen LogP contribution < -0.4 is 10.6 Å². The van der Waals surface area contributed by atoms with Gasteiger partial charge in [0.15, 0.2) is 11.7 Å². The molecule has 2 aromatic heterocycles. The van der Waals surface area contributed by atoms with Crippen LogP contribution in [0.15, 0.2) is 30.3 Å². The van der Waals surface area contributed by atoms with Gasteiger partial charge in [-0.25, -0.2) is 9.48 Å². The molecule has 2 aliphatic rings. The Morgan fingerprint density at radius 2 is 1.95 bits per heavy atom. The van der Waals surface area contributed by atoms with Gasteiger partial charge in [-0.3, -0.25) is 4.79 Å². The summed E-state index contributed by atoms with van der Waals surface area (Å²) in [4.78, 5) is 26.9. The molecule has 0 saturated carbocycles. The van der Waals surface area contributed by atoms with E-state index in [4.69, 9.17) is 4.74 Å². The summed E-state index contributed by atoms with van der Waals surface area (Å²) >= 11 is 1.31. The Hall–Kier alpha value is -3.34. The molecule has 1 aromatic carbocycles. The zero-order valence-electron chi connectivity index (χ0n) is 20.4. The first-order valence-electron chi connectivity index (χ1n) is 12.3. The predicted octanol–water partition coefficient (Wildman–Crippen LogP) is 6.22. The number of ether oxygens (including phenoxy) is 1. The molecule has 1 aliphatic carbocycles. The number of aryl methyl sites for hydroxylation is 2. The van der Waals surface area contributed by atoms with Crippen molar-refractivity contribution in [3.8, 4) is 0 Å². The third-order valence-corrected chi connectivity index (χ3v) is 7.99. The van der Waals surface area contributed by atoms with Gasteiger partial charge in [0.05, 0.1) is 18.2 Å². The molecule has 3 aromatic rings. The molecule has 7 nitrogen and oxygen atoms in total. The largest absolute Gasteiger partial charge is 0.462 e. The lowest BCUT2D eigenvalue weighted by Crippen LogP contribution is -2.35. The molecular formula is C26H27F3N4O3S. The number of fused-ring (bicyclic) bond motifs is 2. The Kier molecular flexibility index (Phi) is 6.74. The molecule has 1 amide bonds. The number of aromatic nitrogens is 2. The molecule has 0 unspecified atom stereocenters. The van der Waals surface area contributed by atoms with E-state index < -0.39 is 30.1 Å². The second-order valence-electron chi connectivity index (χ2n) is 9.35. The van der Waals surface area contributed by atoms with Crippen LogP contribution in [0, 0.1) is 6.92 Å². The zero-order valence-corrected chi connectivity index (χ0v) is 21.3. The molecule has 0 bridgehead atoms. The number of benzene rings is 1. The van der Waals surface area contributed by atoms with Crippen molar-refractivity contribution in [2.24, 2.45) is 0 Å². The summed E-state index contributed by atoms with van der Waals surface area (Å²) < 4.78 is 48.2. The number of amides is 1. The average molecular weight is 533 g/mol. The number of nitrogens with zero attached hydrogens (tertiary/aromatic N) is 2. The van der Waals surface area contributed by atoms with Crippen LogP contribution in [0.25, 0.3) is 0 Å². The van der Waals surface area contributed by atoms with E-state index in [0.717, 1.165) is 45.5 Å². The highest BCUT2D eigenvalue weighted by atomic mass is 32.1. The summed E-state index contributed by atoms with van der Waals surface area (Å²) in [6, 6.07) is 6.16. The molecule has 2 N–H and O–H groups in total. The number of thiophene rings is 1. The van der Waals surface area contributed by atoms with E-state index in [9.17, 15) is 22.8 Å². The molecule has 0 fully saturated rings. The number of hydrogen-bond acceptors (Lipinski definition) is 6. The topological polar surface area (TPSA) is 85.2 Å². The van der Waals surface area contributed by atoms with Crippen molar-refractivity contribution in [1.82, 2.24) is 9.78 Å². The highest BCUT2D eigenvalue weighted by Gasteiger charge is 2.47. The van der Waals surface area contributed by atoms with Gasteiger partial charge in [-0.05, 0) is 50.7 Å². The van der Waals surface area contributed by atoms with E-state index in [1.165, 1.54) is 17.4 Å². The zero-order chi connectivity index (χ0) is 26.3. The van der Waals surface area contributed by atoms with Crippen LogP contribution in [-0.4, -0.2) is 34.4 Å². The molecule has 196 valence electrons. The molecule has 1 aliphatic heterocycles. The number of esters is 1. The van der Waals surface area contributed by atoms with Crippen molar-refractivity contribution >= 4 is 34.0 Å². The molecule has 0 radical (unpaired) electrons. The minimum Gasteiger partial charge on any atom is -0.462 e. The summed E-state index contributed by atoms with van der Waals surface area (Å²) in [5, 5.41) is 10.2. The summed E-state index contributed by atoms with van der Waals surface area (Å²) in [7, 11) is 0. The highest BCUT2D eigenvalue weighted by Crippen LogP contribution is 2.44. The molecule has 0 spiro atoms. The van der Waals surface area contributed by atoms with Crippen LogP contribution in [0.2, 0.25) is 0 Å². The molecule has 3 heterocycles. The van der Waals surface area contributed by atoms with Gasteiger partial charge < -0.3 is 15.4 Å². The number of rotatable bonds is 5. The number of alkyl halides is 3. The van der Waals surface area contributed by atoms with Crippen molar-refractivity contribution in [3.05, 3.63) is 63.2 Å². The lowest BCUT2D eigenvalue weighted by molar-refractivity contribution is -0.173. The van der Waals surface area contributed by atoms with Crippen LogP contribution in [-0.2, 0) is 17.6 Å². The predicted molar refractivity (Wildman–Crippen MR) is 134 cm³/mol. The summed E-state index contributed by atoms with van der Waals surface area (Å²) in [6.07, 6.45) is -1.37. The fourth-order valence-electron chi connectivity index (χ4n) is 4.94. The number of anilines is 2. The van der Waals surface area contributed by atoms with Crippen molar-refractivity contribution in [3.63, 3.8) is 0 Å². The Morgan fingerprint density at radius 3 is 2.65 bits per heavy atom. The minimum atomic E-state index is -4.55. The fourth-order valence-corrected chi connectivity index (χ4v) is 6.21. The third-order valence-electron chi connectivity index (χ3n) is 6.78. The fraction of sp³-hybridized carbons (Fsp3) is 0.423. The van der Waals surface area contributed by atoms with Gasteiger partial charge >= 0.3 is 12.1 Å². The molecule has 2 atom stereocenters. The number of nitrogens with one attached hydrogen (secondary N) is 2. The highest BCUT2D eigenvalue weighted by molar-refractivity contribution is 7.17. The SMILES string of the molecule is CCOC(=O)c1c(NC(=O)c2cc3n(n2)[C@@H](C(F)(F)F)C[C@@H](c2ccc(C)cc2)N3)sc2c1CCCC2. The van der Waals surface area contributed by atoms with Gasteiger partial charge in [0, 0.05) is 17.4 Å². The standard InChI is InChI=1S/C26H27F3N4O3S/c1-3-36-25(35)22-16-6-4-5-7-19(16)37-24(22)31-23(34)18-13-21-30-17(15-10-8-14(2)9-11-15)12-20(26(27,28)29)33(21)32-18/h8-11,13,17,20,30H,3-7,12H2,1-2H3,(H,31,34)/t17-,20+/m0/s1. The van der Waals surface area contributed by atoms with Gasteiger partial charge in [0.1, 0.15) is 10.8 Å². The van der Waals surface area contributed by atoms with Gasteiger partial charge in [-0.2, -0.15) is 18.3 Å². The van der Waals surface area contributed by atoms with E-state index in [2.05, 4.69) is 15.7 Å². The lowest BCUT2D eigenvalue weighted by atomic mass is 9.95. The van der Waals surface area contributed by atoms with E-state index >= 15 is 0 Å². The third kappa shape index (κ3) is 4.96. The van der Waals surface area contributed by atoms with Crippen LogP contribution in [0.5, 0.6) is 0 Å². The summed E-state index contributed by atoms with van der Waals surface area (Å²) in [5.74, 6) is -1.08. The Labute approximate surface area is 216 Å². The van der Waals surface area contributed by atoms with Gasteiger partial charge in [0.25, 0.3) is 5.91 Å². The van der Waals surface area contributed by atoms with E-state index in [-0.39, 0.29) is 24.5 Å². The molecule has 0 saturated heterocycles. The molecule has 5 rings (SSSR count). The number of carbonyl (C=O) groups is 2. The Morgan fingerprint density at radius 1 is 1.22 bits per heavy atom. The minimum absolute atomic E-state index is 0.111. The molecular weight excluding hydrogens is 505 g/mol. The van der Waals surface area contributed by atoms with Gasteiger partial charge in [0.2, 0.25) is 0 Å². The lowest BCUT2D eigenvalue weighted by Gasteiger charge is -2.33. The Bertz CT molecular complexity index is 1330. The van der Waals surface area contributed by atoms with Crippen LogP contribution >= 0.6 is 11.3 Å². The van der Waals surface area contributed by atoms with Crippen LogP contribution in [0.1, 0.15) is 80.7 Å². The van der Waals surface area contributed by atoms with Crippen molar-refractivity contribution in [1.29, 1.82) is 0 Å². The van der Waals surface area contributed by atoms with Crippen LogP contribution in [0.4, 0.5) is 24.0 Å². The van der Waals surface area contributed by atoms with E-state index in [1.54, 1.807) is 19.1 Å². The number of carbonyl (C=O) groups excluding carboxylic acids is 2. The normalized spacial score (nSPS) is 18.9. The van der Waals surface area contributed by atoms with Gasteiger partial charge in [-0.1, -0.05) is 29.8 Å². The second-order valence-corrected chi connectivity index (χ2v) is 10.5.